The standard InChI is InChI=1S/C69H124N22O19/c1-17-35(10)52(66(109)82-42(54(71)97)22-23-50(70)94)90-60(103)44(21-19-25-77-69(74)75)83-59(102)43(20-18-24-76-68(72)73)84-63(106)46(27-32(4)5)85-56(99)38(13)79-55(98)37(12)80-61(104)45(26-31(2)3)87-64(107)47(28-33(6)7)86-57(100)39(14)81-62(105)49(30-51(95)96)88-65(108)48(29-34(8)9)89-67(110)53(40(15)92)91-58(101)36(11)78-41(16)93/h31-40,42-49,52-53,92H,17-30H2,1-16H3,(H2,70,94)(H2,71,97)(H,78,93)(H,79,98)(H,80,104)(H,81,105)(H,82,109)(H,83,102)(H,84,106)(H,85,99)(H,86,100)(H,87,107)(H,88,108)(H,89,110)(H,90,103)(H,91,101)(H,95,96)(H4,72,73,76)(H4,74,75,77)/t35-,36-,37-,38-,39-,40+,42-,43-,44-,45-,46-,47-,48-,49-,52-,53-/m0/s1. The summed E-state index contributed by atoms with van der Waals surface area (Å²) in [5.74, 6) is -18.2. The van der Waals surface area contributed by atoms with Gasteiger partial charge in [0, 0.05) is 26.4 Å². The summed E-state index contributed by atoms with van der Waals surface area (Å²) in [6.45, 7) is 24.6. The van der Waals surface area contributed by atoms with Crippen LogP contribution < -0.4 is 109 Å². The molecule has 0 unspecified atom stereocenters. The van der Waals surface area contributed by atoms with Gasteiger partial charge in [0.15, 0.2) is 11.9 Å². The highest BCUT2D eigenvalue weighted by Gasteiger charge is 2.39. The Kier molecular flexibility index (Phi) is 45.4. The van der Waals surface area contributed by atoms with E-state index in [0.717, 1.165) is 6.92 Å². The lowest BCUT2D eigenvalue weighted by Gasteiger charge is -2.29. The number of nitrogens with zero attached hydrogens (tertiary/aromatic N) is 2. The van der Waals surface area contributed by atoms with Crippen molar-refractivity contribution in [2.75, 3.05) is 13.1 Å². The maximum Gasteiger partial charge on any atom is 0.305 e. The molecule has 0 fully saturated rings. The third-order valence-electron chi connectivity index (χ3n) is 16.8. The van der Waals surface area contributed by atoms with E-state index in [9.17, 15) is 91.7 Å². The average molecular weight is 1570 g/mol. The molecule has 110 heavy (non-hydrogen) atoms. The molecule has 0 bridgehead atoms. The molecule has 0 aromatic rings. The number of hydrogen-bond acceptors (Lipinski definition) is 20. The van der Waals surface area contributed by atoms with Gasteiger partial charge in [0.25, 0.3) is 0 Å². The summed E-state index contributed by atoms with van der Waals surface area (Å²) in [7, 11) is 0. The molecule has 624 valence electrons. The van der Waals surface area contributed by atoms with Gasteiger partial charge in [-0.15, -0.1) is 0 Å². The molecule has 41 heteroatoms. The third-order valence-corrected chi connectivity index (χ3v) is 16.8. The van der Waals surface area contributed by atoms with Crippen molar-refractivity contribution in [3.8, 4) is 0 Å². The van der Waals surface area contributed by atoms with E-state index in [2.05, 4.69) is 84.4 Å². The number of aliphatic carboxylic acids is 1. The predicted octanol–water partition coefficient (Wildman–Crippen LogP) is -6.18. The van der Waals surface area contributed by atoms with E-state index in [1.54, 1.807) is 69.2 Å². The summed E-state index contributed by atoms with van der Waals surface area (Å²) in [4.78, 5) is 236. The van der Waals surface area contributed by atoms with Crippen LogP contribution in [0.4, 0.5) is 0 Å². The van der Waals surface area contributed by atoms with Gasteiger partial charge in [-0.1, -0.05) is 75.7 Å². The van der Waals surface area contributed by atoms with Crippen molar-refractivity contribution in [2.45, 2.75) is 279 Å². The smallest absolute Gasteiger partial charge is 0.305 e. The van der Waals surface area contributed by atoms with Crippen LogP contribution in [0, 0.1) is 29.6 Å². The summed E-state index contributed by atoms with van der Waals surface area (Å²) in [5, 5.41) is 55.1. The minimum Gasteiger partial charge on any atom is -0.481 e. The number of primary amides is 2. The SMILES string of the molecule is CC[C@H](C)[C@H](NC(=O)[C@H](CCCN=C(N)N)NC(=O)[C@H](CCCN=C(N)N)NC(=O)[C@H](CC(C)C)NC(=O)[C@H](C)NC(=O)[C@H](C)NC(=O)[C@H](CC(C)C)NC(=O)[C@H](CC(C)C)NC(=O)[C@H](C)NC(=O)[C@H](CC(=O)O)NC(=O)[C@H](CC(C)C)NC(=O)[C@@H](NC(=O)[C@H](C)NC(C)=O)[C@@H](C)O)C(=O)N[C@@H](CCC(N)=O)C(N)=O. The number of aliphatic imine (C=N–C) groups is 2. The summed E-state index contributed by atoms with van der Waals surface area (Å²) in [6, 6.07) is -20.0. The summed E-state index contributed by atoms with van der Waals surface area (Å²) < 4.78 is 0. The molecule has 16 amide bonds. The Bertz CT molecular complexity index is 3210. The molecular weight excluding hydrogens is 1440 g/mol. The van der Waals surface area contributed by atoms with E-state index in [1.807, 2.05) is 0 Å². The molecule has 0 saturated carbocycles. The van der Waals surface area contributed by atoms with Crippen LogP contribution in [0.15, 0.2) is 9.98 Å². The monoisotopic (exact) mass is 1560 g/mol. The molecule has 0 saturated heterocycles. The fourth-order valence-corrected chi connectivity index (χ4v) is 10.7. The van der Waals surface area contributed by atoms with Gasteiger partial charge in [0.1, 0.15) is 84.6 Å². The van der Waals surface area contributed by atoms with Gasteiger partial charge in [-0.25, -0.2) is 0 Å². The number of amides is 16. The fourth-order valence-electron chi connectivity index (χ4n) is 10.7. The topological polar surface area (TPSA) is 680 Å². The Balaban J connectivity index is 6.72. The van der Waals surface area contributed by atoms with E-state index >= 15 is 0 Å². The van der Waals surface area contributed by atoms with Crippen molar-refractivity contribution in [2.24, 2.45) is 74.0 Å². The number of carboxylic acid groups (broad SMARTS) is 1. The minimum absolute atomic E-state index is 0.00528. The molecule has 0 radical (unpaired) electrons. The van der Waals surface area contributed by atoms with Crippen LogP contribution in [0.25, 0.3) is 0 Å². The maximum atomic E-state index is 14.5. The Morgan fingerprint density at radius 2 is 0.618 bits per heavy atom. The van der Waals surface area contributed by atoms with E-state index in [0.29, 0.717) is 6.42 Å². The second kappa shape index (κ2) is 50.2. The summed E-state index contributed by atoms with van der Waals surface area (Å²) >= 11 is 0. The molecule has 41 nitrogen and oxygen atoms in total. The Morgan fingerprint density at radius 1 is 0.336 bits per heavy atom. The summed E-state index contributed by atoms with van der Waals surface area (Å²) in [5.41, 5.74) is 32.9. The normalized spacial score (nSPS) is 15.5. The number of carbonyl (C=O) groups excluding carboxylic acids is 16. The van der Waals surface area contributed by atoms with Crippen LogP contribution in [0.2, 0.25) is 0 Å². The van der Waals surface area contributed by atoms with E-state index in [4.69, 9.17) is 34.4 Å². The first-order valence-electron chi connectivity index (χ1n) is 36.8. The fraction of sp³-hybridized carbons (Fsp3) is 0.725. The van der Waals surface area contributed by atoms with Crippen LogP contribution in [0.1, 0.15) is 188 Å². The zero-order chi connectivity index (χ0) is 84.7. The van der Waals surface area contributed by atoms with Crippen LogP contribution in [-0.2, 0) is 81.5 Å². The molecule has 0 aliphatic rings. The zero-order valence-corrected chi connectivity index (χ0v) is 66.1. The Labute approximate surface area is 641 Å². The van der Waals surface area contributed by atoms with Crippen LogP contribution in [-0.4, -0.2) is 226 Å². The number of carbonyl (C=O) groups is 17. The number of nitrogens with two attached hydrogens (primary N) is 6. The Morgan fingerprint density at radius 3 is 0.964 bits per heavy atom. The van der Waals surface area contributed by atoms with Crippen molar-refractivity contribution < 1.29 is 91.7 Å². The van der Waals surface area contributed by atoms with Crippen molar-refractivity contribution in [1.82, 2.24) is 74.4 Å². The van der Waals surface area contributed by atoms with Crippen molar-refractivity contribution in [1.29, 1.82) is 0 Å². The van der Waals surface area contributed by atoms with Crippen LogP contribution in [0.3, 0.4) is 0 Å². The molecule has 16 atom stereocenters. The predicted molar refractivity (Wildman–Crippen MR) is 404 cm³/mol. The van der Waals surface area contributed by atoms with Crippen LogP contribution >= 0.6 is 0 Å². The molecule has 0 aliphatic carbocycles. The van der Waals surface area contributed by atoms with Crippen molar-refractivity contribution >= 4 is 112 Å². The lowest BCUT2D eigenvalue weighted by molar-refractivity contribution is -0.142. The minimum atomic E-state index is -1.86. The van der Waals surface area contributed by atoms with Gasteiger partial charge in [-0.3, -0.25) is 91.5 Å². The first kappa shape index (κ1) is 99.5. The van der Waals surface area contributed by atoms with Crippen molar-refractivity contribution in [3.63, 3.8) is 0 Å². The van der Waals surface area contributed by atoms with E-state index in [1.165, 1.54) is 34.6 Å². The number of rotatable bonds is 52. The second-order valence-electron chi connectivity index (χ2n) is 29.1. The van der Waals surface area contributed by atoms with Gasteiger partial charge < -0.3 is 119 Å². The van der Waals surface area contributed by atoms with Gasteiger partial charge in [-0.05, 0) is 122 Å². The molecule has 0 aromatic carbocycles. The van der Waals surface area contributed by atoms with E-state index in [-0.39, 0.29) is 113 Å². The Hall–Kier alpha value is -10.5. The highest BCUT2D eigenvalue weighted by molar-refractivity contribution is 6.01. The van der Waals surface area contributed by atoms with Gasteiger partial charge in [-0.2, -0.15) is 0 Å². The highest BCUT2D eigenvalue weighted by atomic mass is 16.4. The number of aliphatic hydroxyl groups is 1. The third kappa shape index (κ3) is 40.1. The summed E-state index contributed by atoms with van der Waals surface area (Å²) in [6.07, 6.45) is -2.98. The van der Waals surface area contributed by atoms with Gasteiger partial charge in [0.05, 0.1) is 12.5 Å². The van der Waals surface area contributed by atoms with Gasteiger partial charge >= 0.3 is 5.97 Å². The number of guanidine groups is 2. The zero-order valence-electron chi connectivity index (χ0n) is 66.1. The first-order valence-corrected chi connectivity index (χ1v) is 36.8. The number of hydrogen-bond donors (Lipinski definition) is 22. The van der Waals surface area contributed by atoms with Crippen LogP contribution in [0.5, 0.6) is 0 Å². The molecule has 0 aliphatic heterocycles. The van der Waals surface area contributed by atoms with Gasteiger partial charge in [0.2, 0.25) is 94.5 Å². The molecule has 0 aromatic heterocycles. The van der Waals surface area contributed by atoms with E-state index < -0.39 is 204 Å². The van der Waals surface area contributed by atoms with Crippen molar-refractivity contribution in [3.05, 3.63) is 0 Å². The number of aliphatic hydroxyl groups excluding tert-OH is 1. The maximum absolute atomic E-state index is 14.5. The largest absolute Gasteiger partial charge is 0.481 e. The molecule has 0 rings (SSSR count). The lowest BCUT2D eigenvalue weighted by Crippen LogP contribution is -2.61. The molecular formula is C69H124N22O19. The average Bonchev–Trinajstić information content (AvgIpc) is 0.863. The second-order valence-corrected chi connectivity index (χ2v) is 29.1. The molecule has 28 N–H and O–H groups in total. The number of carboxylic acids is 1. The lowest BCUT2D eigenvalue weighted by atomic mass is 9.96. The number of nitrogens with one attached hydrogen (secondary N) is 14. The quantitative estimate of drug-likeness (QED) is 0.0153. The molecule has 0 heterocycles. The molecule has 0 spiro atoms. The highest BCUT2D eigenvalue weighted by Crippen LogP contribution is 2.16. The first-order chi connectivity index (χ1) is 51.0.